The number of carbonyl (C=O) groups is 3. The van der Waals surface area contributed by atoms with E-state index < -0.39 is 12.0 Å². The first-order valence-electron chi connectivity index (χ1n) is 14.6. The van der Waals surface area contributed by atoms with E-state index in [1.807, 2.05) is 72.9 Å². The zero-order valence-corrected chi connectivity index (χ0v) is 23.3. The maximum absolute atomic E-state index is 13.6. The number of hydrogen-bond donors (Lipinski definition) is 3. The standard InChI is InChI=1S/C33H39N3O5/c37-21-28-13-8-16-36(28)31(38)19-24-11-4-5-12-25(17-23-9-2-1-3-10-23)33(40)41-22-27(35-32(24)39)18-26-20-34-30-15-7-6-14-29(26)30/h1-7,9-10,14-15,20,24-25,27-28,34,37H,8,11-13,16-19,21-22H2,(H,35,39)/t24-,25-,27+,28+/m1/s1. The van der Waals surface area contributed by atoms with Gasteiger partial charge in [0.15, 0.2) is 0 Å². The summed E-state index contributed by atoms with van der Waals surface area (Å²) in [6.07, 6.45) is 9.38. The number of cyclic esters (lactones) is 1. The van der Waals surface area contributed by atoms with Crippen molar-refractivity contribution in [1.29, 1.82) is 0 Å². The summed E-state index contributed by atoms with van der Waals surface area (Å²) >= 11 is 0. The molecule has 4 atom stereocenters. The molecule has 1 fully saturated rings. The minimum Gasteiger partial charge on any atom is -0.463 e. The molecule has 216 valence electrons. The van der Waals surface area contributed by atoms with E-state index in [9.17, 15) is 19.5 Å². The number of benzene rings is 2. The van der Waals surface area contributed by atoms with Crippen molar-refractivity contribution in [2.45, 2.75) is 57.0 Å². The Kier molecular flexibility index (Phi) is 9.51. The average Bonchev–Trinajstić information content (AvgIpc) is 3.64. The highest BCUT2D eigenvalue weighted by Gasteiger charge is 2.32. The zero-order chi connectivity index (χ0) is 28.6. The Labute approximate surface area is 240 Å². The summed E-state index contributed by atoms with van der Waals surface area (Å²) < 4.78 is 5.85. The lowest BCUT2D eigenvalue weighted by atomic mass is 9.94. The number of hydrogen-bond acceptors (Lipinski definition) is 5. The predicted octanol–water partition coefficient (Wildman–Crippen LogP) is 3.94. The Morgan fingerprint density at radius 2 is 1.73 bits per heavy atom. The monoisotopic (exact) mass is 557 g/mol. The second kappa shape index (κ2) is 13.6. The number of aromatic nitrogens is 1. The molecule has 0 radical (unpaired) electrons. The number of fused-ring (bicyclic) bond motifs is 1. The number of allylic oxidation sites excluding steroid dienone is 2. The average molecular weight is 558 g/mol. The van der Waals surface area contributed by atoms with Crippen LogP contribution in [-0.4, -0.2) is 64.6 Å². The molecule has 8 nitrogen and oxygen atoms in total. The number of H-pyrrole nitrogens is 1. The molecule has 1 aromatic heterocycles. The maximum Gasteiger partial charge on any atom is 0.309 e. The van der Waals surface area contributed by atoms with Gasteiger partial charge in [-0.1, -0.05) is 60.7 Å². The van der Waals surface area contributed by atoms with Gasteiger partial charge in [-0.2, -0.15) is 0 Å². The third-order valence-electron chi connectivity index (χ3n) is 8.28. The Morgan fingerprint density at radius 3 is 2.54 bits per heavy atom. The first-order valence-corrected chi connectivity index (χ1v) is 14.6. The van der Waals surface area contributed by atoms with Crippen LogP contribution in [0.5, 0.6) is 0 Å². The molecule has 5 rings (SSSR count). The molecule has 2 aromatic carbocycles. The van der Waals surface area contributed by atoms with Crippen LogP contribution in [0.4, 0.5) is 0 Å². The molecule has 2 aliphatic rings. The zero-order valence-electron chi connectivity index (χ0n) is 23.3. The van der Waals surface area contributed by atoms with Gasteiger partial charge in [-0.25, -0.2) is 0 Å². The topological polar surface area (TPSA) is 112 Å². The minimum absolute atomic E-state index is 0.0401. The number of para-hydroxylation sites is 1. The summed E-state index contributed by atoms with van der Waals surface area (Å²) in [5.41, 5.74) is 3.08. The van der Waals surface area contributed by atoms with Crippen molar-refractivity contribution >= 4 is 28.7 Å². The molecule has 0 unspecified atom stereocenters. The van der Waals surface area contributed by atoms with Gasteiger partial charge < -0.3 is 25.0 Å². The van der Waals surface area contributed by atoms with Gasteiger partial charge in [-0.15, -0.1) is 0 Å². The summed E-state index contributed by atoms with van der Waals surface area (Å²) in [7, 11) is 0. The quantitative estimate of drug-likeness (QED) is 0.301. The van der Waals surface area contributed by atoms with Gasteiger partial charge in [0.2, 0.25) is 11.8 Å². The van der Waals surface area contributed by atoms with Gasteiger partial charge in [-0.05, 0) is 55.7 Å². The number of amides is 2. The third-order valence-corrected chi connectivity index (χ3v) is 8.28. The number of carbonyl (C=O) groups excluding carboxylic acids is 3. The predicted molar refractivity (Wildman–Crippen MR) is 157 cm³/mol. The maximum atomic E-state index is 13.6. The fourth-order valence-electron chi connectivity index (χ4n) is 5.98. The van der Waals surface area contributed by atoms with Crippen LogP contribution in [0.25, 0.3) is 10.9 Å². The van der Waals surface area contributed by atoms with Crippen LogP contribution in [0.3, 0.4) is 0 Å². The van der Waals surface area contributed by atoms with Crippen LogP contribution in [0, 0.1) is 11.8 Å². The molecule has 8 heteroatoms. The third kappa shape index (κ3) is 7.24. The second-order valence-electron chi connectivity index (χ2n) is 11.2. The summed E-state index contributed by atoms with van der Waals surface area (Å²) in [4.78, 5) is 45.1. The van der Waals surface area contributed by atoms with Crippen LogP contribution in [0.2, 0.25) is 0 Å². The van der Waals surface area contributed by atoms with Crippen LogP contribution in [-0.2, 0) is 32.0 Å². The molecule has 2 aliphatic heterocycles. The van der Waals surface area contributed by atoms with E-state index in [4.69, 9.17) is 4.74 Å². The van der Waals surface area contributed by atoms with E-state index in [1.54, 1.807) is 4.90 Å². The SMILES string of the molecule is O=C1N[C@@H](Cc2c[nH]c3ccccc23)COC(=O)[C@@H](Cc2ccccc2)CC=CC[C@@H]1CC(=O)N1CCC[C@H]1CO. The van der Waals surface area contributed by atoms with Gasteiger partial charge in [-0.3, -0.25) is 14.4 Å². The van der Waals surface area contributed by atoms with Crippen molar-refractivity contribution in [3.63, 3.8) is 0 Å². The lowest BCUT2D eigenvalue weighted by Crippen LogP contribution is -2.45. The lowest BCUT2D eigenvalue weighted by Gasteiger charge is -2.27. The highest BCUT2D eigenvalue weighted by Crippen LogP contribution is 2.24. The molecular formula is C33H39N3O5. The molecule has 0 bridgehead atoms. The van der Waals surface area contributed by atoms with E-state index >= 15 is 0 Å². The van der Waals surface area contributed by atoms with Crippen molar-refractivity contribution in [1.82, 2.24) is 15.2 Å². The Morgan fingerprint density at radius 1 is 0.976 bits per heavy atom. The molecule has 0 spiro atoms. The number of ether oxygens (including phenoxy) is 1. The van der Waals surface area contributed by atoms with Crippen LogP contribution >= 0.6 is 0 Å². The molecule has 2 amide bonds. The highest BCUT2D eigenvalue weighted by atomic mass is 16.5. The van der Waals surface area contributed by atoms with Gasteiger partial charge >= 0.3 is 5.97 Å². The molecule has 3 aromatic rings. The largest absolute Gasteiger partial charge is 0.463 e. The van der Waals surface area contributed by atoms with Gasteiger partial charge in [0.25, 0.3) is 0 Å². The number of esters is 1. The number of rotatable bonds is 7. The van der Waals surface area contributed by atoms with E-state index in [1.165, 1.54) is 0 Å². The van der Waals surface area contributed by atoms with Crippen LogP contribution < -0.4 is 5.32 Å². The minimum atomic E-state index is -0.563. The first kappa shape index (κ1) is 28.6. The van der Waals surface area contributed by atoms with Crippen molar-refractivity contribution in [3.8, 4) is 0 Å². The van der Waals surface area contributed by atoms with E-state index in [-0.39, 0.29) is 49.4 Å². The van der Waals surface area contributed by atoms with Crippen molar-refractivity contribution in [3.05, 3.63) is 84.1 Å². The molecule has 0 aliphatic carbocycles. The summed E-state index contributed by atoms with van der Waals surface area (Å²) in [5, 5.41) is 13.9. The number of aliphatic hydroxyl groups is 1. The van der Waals surface area contributed by atoms with Crippen molar-refractivity contribution in [2.24, 2.45) is 11.8 Å². The number of likely N-dealkylation sites (tertiary alicyclic amines) is 1. The van der Waals surface area contributed by atoms with E-state index in [0.717, 1.165) is 34.9 Å². The summed E-state index contributed by atoms with van der Waals surface area (Å²) in [6, 6.07) is 17.2. The molecule has 1 saturated heterocycles. The Hall–Kier alpha value is -3.91. The normalized spacial score (nSPS) is 24.0. The molecular weight excluding hydrogens is 518 g/mol. The van der Waals surface area contributed by atoms with E-state index in [0.29, 0.717) is 32.2 Å². The lowest BCUT2D eigenvalue weighted by molar-refractivity contribution is -0.150. The first-order chi connectivity index (χ1) is 20.0. The van der Waals surface area contributed by atoms with Crippen molar-refractivity contribution < 1.29 is 24.2 Å². The molecule has 3 N–H and O–H groups in total. The number of aromatic amines is 1. The van der Waals surface area contributed by atoms with Crippen LogP contribution in [0.1, 0.15) is 43.2 Å². The van der Waals surface area contributed by atoms with Gasteiger partial charge in [0, 0.05) is 30.1 Å². The molecule has 41 heavy (non-hydrogen) atoms. The van der Waals surface area contributed by atoms with E-state index in [2.05, 4.69) is 10.3 Å². The fourth-order valence-corrected chi connectivity index (χ4v) is 5.98. The number of nitrogens with zero attached hydrogens (tertiary/aromatic N) is 1. The smallest absolute Gasteiger partial charge is 0.309 e. The summed E-state index contributed by atoms with van der Waals surface area (Å²) in [5.74, 6) is -1.54. The van der Waals surface area contributed by atoms with Crippen molar-refractivity contribution in [2.75, 3.05) is 19.8 Å². The van der Waals surface area contributed by atoms with Gasteiger partial charge in [0.05, 0.1) is 30.5 Å². The van der Waals surface area contributed by atoms with Gasteiger partial charge in [0.1, 0.15) is 6.61 Å². The Balaban J connectivity index is 1.37. The highest BCUT2D eigenvalue weighted by molar-refractivity contribution is 5.87. The summed E-state index contributed by atoms with van der Waals surface area (Å²) in [6.45, 7) is 0.580. The molecule has 0 saturated carbocycles. The Bertz CT molecular complexity index is 1370. The fraction of sp³-hybridized carbons (Fsp3) is 0.424. The number of nitrogens with one attached hydrogen (secondary N) is 2. The number of aliphatic hydroxyl groups excluding tert-OH is 1. The molecule has 3 heterocycles. The van der Waals surface area contributed by atoms with Crippen LogP contribution in [0.15, 0.2) is 72.9 Å². The second-order valence-corrected chi connectivity index (χ2v) is 11.2.